The number of hydrogen-bond donors (Lipinski definition) is 1. The molecule has 0 amide bonds. The summed E-state index contributed by atoms with van der Waals surface area (Å²) in [7, 11) is 0. The fraction of sp³-hybridized carbons (Fsp3) is 0.783. The summed E-state index contributed by atoms with van der Waals surface area (Å²) >= 11 is 0. The van der Waals surface area contributed by atoms with Gasteiger partial charge >= 0.3 is 0 Å². The van der Waals surface area contributed by atoms with Crippen LogP contribution in [0.5, 0.6) is 0 Å². The van der Waals surface area contributed by atoms with Crippen LogP contribution in [0.15, 0.2) is 24.3 Å². The summed E-state index contributed by atoms with van der Waals surface area (Å²) in [6, 6.07) is 0. The molecule has 4 rings (SSSR count). The first kappa shape index (κ1) is 18.9. The lowest BCUT2D eigenvalue weighted by molar-refractivity contribution is -0.116. The monoisotopic (exact) mass is 344 g/mol. The number of hydrogen-bond acceptors (Lipinski definition) is 2. The predicted octanol–water partition coefficient (Wildman–Crippen LogP) is 5.18. The number of fused-ring (bicyclic) bond motifs is 5. The van der Waals surface area contributed by atoms with Crippen LogP contribution in [0.4, 0.5) is 0 Å². The second-order valence-electron chi connectivity index (χ2n) is 9.32. The molecule has 0 bridgehead atoms. The van der Waals surface area contributed by atoms with Gasteiger partial charge in [0.25, 0.3) is 0 Å². The zero-order valence-corrected chi connectivity index (χ0v) is 16.3. The molecule has 140 valence electrons. The molecule has 0 heterocycles. The molecule has 0 saturated heterocycles. The van der Waals surface area contributed by atoms with Crippen molar-refractivity contribution in [1.29, 1.82) is 0 Å². The van der Waals surface area contributed by atoms with Gasteiger partial charge in [-0.2, -0.15) is 0 Å². The van der Waals surface area contributed by atoms with Gasteiger partial charge in [-0.3, -0.25) is 4.79 Å². The van der Waals surface area contributed by atoms with Crippen molar-refractivity contribution in [1.82, 2.24) is 0 Å². The molecule has 4 aliphatic carbocycles. The maximum absolute atomic E-state index is 11.7. The highest BCUT2D eigenvalue weighted by Gasteiger charge is 2.56. The number of carbonyl (C=O) groups is 1. The normalized spacial score (nSPS) is 45.3. The highest BCUT2D eigenvalue weighted by Crippen LogP contribution is 2.64. The maximum Gasteiger partial charge on any atom is 0.155 e. The predicted molar refractivity (Wildman–Crippen MR) is 103 cm³/mol. The zero-order chi connectivity index (χ0) is 18.2. The second kappa shape index (κ2) is 7.39. The Hall–Kier alpha value is -0.890. The van der Waals surface area contributed by atoms with Gasteiger partial charge in [-0.15, -0.1) is 6.58 Å². The molecule has 1 N–H and O–H groups in total. The lowest BCUT2D eigenvalue weighted by Gasteiger charge is -2.53. The third-order valence-electron chi connectivity index (χ3n) is 8.39. The molecular formula is C23H36O2. The smallest absolute Gasteiger partial charge is 0.155 e. The second-order valence-corrected chi connectivity index (χ2v) is 9.32. The largest absolute Gasteiger partial charge is 0.392 e. The van der Waals surface area contributed by atoms with Gasteiger partial charge in [0.15, 0.2) is 5.78 Å². The Balaban J connectivity index is 0.000000415. The third kappa shape index (κ3) is 3.27. The van der Waals surface area contributed by atoms with Gasteiger partial charge in [-0.25, -0.2) is 0 Å². The van der Waals surface area contributed by atoms with Crippen LogP contribution in [0.3, 0.4) is 0 Å². The van der Waals surface area contributed by atoms with Gasteiger partial charge in [-0.05, 0) is 85.5 Å². The SMILES string of the molecule is C=CCO.CC1[C@H](C)CC2C3CCC4=CC(=O)CCC4C3CCC21C. The first-order valence-corrected chi connectivity index (χ1v) is 10.4. The number of allylic oxidation sites excluding steroid dienone is 1. The standard InChI is InChI=1S/C20H30O.C3H6O/c1-12-10-19-18-6-4-14-11-15(21)5-7-16(14)17(18)8-9-20(19,3)13(12)2;1-2-3-4/h11-13,16-19H,4-10H2,1-3H3;2,4H,1,3H2/t12-,13?,16?,17?,18?,19?,20?;/m1./s1. The molecule has 0 aromatic rings. The Bertz CT molecular complexity index is 548. The molecule has 0 aliphatic heterocycles. The van der Waals surface area contributed by atoms with Crippen molar-refractivity contribution in [2.24, 2.45) is 40.9 Å². The fourth-order valence-electron chi connectivity index (χ4n) is 6.79. The topological polar surface area (TPSA) is 37.3 Å². The molecular weight excluding hydrogens is 308 g/mol. The molecule has 2 heteroatoms. The van der Waals surface area contributed by atoms with Crippen LogP contribution < -0.4 is 0 Å². The molecule has 7 atom stereocenters. The summed E-state index contributed by atoms with van der Waals surface area (Å²) in [5.74, 6) is 5.76. The zero-order valence-electron chi connectivity index (χ0n) is 16.3. The van der Waals surface area contributed by atoms with Crippen LogP contribution in [0.25, 0.3) is 0 Å². The van der Waals surface area contributed by atoms with Crippen LogP contribution in [-0.2, 0) is 4.79 Å². The van der Waals surface area contributed by atoms with E-state index < -0.39 is 0 Å². The third-order valence-corrected chi connectivity index (χ3v) is 8.39. The van der Waals surface area contributed by atoms with Crippen molar-refractivity contribution in [2.45, 2.75) is 65.7 Å². The van der Waals surface area contributed by atoms with Crippen molar-refractivity contribution < 1.29 is 9.90 Å². The van der Waals surface area contributed by atoms with E-state index in [1.54, 1.807) is 0 Å². The van der Waals surface area contributed by atoms with E-state index in [2.05, 4.69) is 27.4 Å². The summed E-state index contributed by atoms with van der Waals surface area (Å²) < 4.78 is 0. The molecule has 3 saturated carbocycles. The van der Waals surface area contributed by atoms with Gasteiger partial charge in [0.2, 0.25) is 0 Å². The minimum atomic E-state index is 0.0833. The van der Waals surface area contributed by atoms with Crippen LogP contribution in [0.2, 0.25) is 0 Å². The van der Waals surface area contributed by atoms with Crippen LogP contribution >= 0.6 is 0 Å². The molecule has 0 spiro atoms. The Kier molecular flexibility index (Phi) is 5.58. The molecule has 4 aliphatic rings. The lowest BCUT2D eigenvalue weighted by Crippen LogP contribution is -2.46. The number of aliphatic hydroxyl groups excluding tert-OH is 1. The van der Waals surface area contributed by atoms with E-state index >= 15 is 0 Å². The fourth-order valence-corrected chi connectivity index (χ4v) is 6.79. The average Bonchev–Trinajstić information content (AvgIpc) is 2.85. The summed E-state index contributed by atoms with van der Waals surface area (Å²) in [4.78, 5) is 11.7. The Morgan fingerprint density at radius 3 is 2.64 bits per heavy atom. The van der Waals surface area contributed by atoms with Crippen molar-refractivity contribution >= 4 is 5.78 Å². The van der Waals surface area contributed by atoms with E-state index in [9.17, 15) is 4.79 Å². The number of aliphatic hydroxyl groups is 1. The van der Waals surface area contributed by atoms with Gasteiger partial charge in [-0.1, -0.05) is 32.4 Å². The maximum atomic E-state index is 11.7. The van der Waals surface area contributed by atoms with Gasteiger partial charge in [0.05, 0.1) is 6.61 Å². The van der Waals surface area contributed by atoms with Crippen LogP contribution in [0.1, 0.15) is 65.7 Å². The van der Waals surface area contributed by atoms with E-state index in [0.29, 0.717) is 11.2 Å². The minimum absolute atomic E-state index is 0.0833. The minimum Gasteiger partial charge on any atom is -0.392 e. The van der Waals surface area contributed by atoms with Gasteiger partial charge in [0.1, 0.15) is 0 Å². The summed E-state index contributed by atoms with van der Waals surface area (Å²) in [5.41, 5.74) is 2.13. The van der Waals surface area contributed by atoms with E-state index in [1.165, 1.54) is 43.8 Å². The molecule has 3 fully saturated rings. The quantitative estimate of drug-likeness (QED) is 0.666. The highest BCUT2D eigenvalue weighted by atomic mass is 16.2. The summed E-state index contributed by atoms with van der Waals surface area (Å²) in [5, 5.41) is 7.76. The van der Waals surface area contributed by atoms with Gasteiger partial charge < -0.3 is 5.11 Å². The van der Waals surface area contributed by atoms with E-state index in [-0.39, 0.29) is 6.61 Å². The molecule has 0 radical (unpaired) electrons. The first-order chi connectivity index (χ1) is 11.9. The van der Waals surface area contributed by atoms with Crippen molar-refractivity contribution in [3.05, 3.63) is 24.3 Å². The number of carbonyl (C=O) groups excluding carboxylic acids is 1. The average molecular weight is 345 g/mol. The van der Waals surface area contributed by atoms with Crippen LogP contribution in [0, 0.1) is 40.9 Å². The van der Waals surface area contributed by atoms with E-state index in [4.69, 9.17) is 5.11 Å². The van der Waals surface area contributed by atoms with Gasteiger partial charge in [0, 0.05) is 6.42 Å². The Labute approximate surface area is 153 Å². The summed E-state index contributed by atoms with van der Waals surface area (Å²) in [6.45, 7) is 10.9. The Morgan fingerprint density at radius 1 is 1.24 bits per heavy atom. The van der Waals surface area contributed by atoms with Crippen molar-refractivity contribution in [3.63, 3.8) is 0 Å². The highest BCUT2D eigenvalue weighted by molar-refractivity contribution is 5.91. The van der Waals surface area contributed by atoms with Crippen molar-refractivity contribution in [2.75, 3.05) is 6.61 Å². The first-order valence-electron chi connectivity index (χ1n) is 10.4. The molecule has 2 nitrogen and oxygen atoms in total. The van der Waals surface area contributed by atoms with Crippen molar-refractivity contribution in [3.8, 4) is 0 Å². The number of ketones is 1. The van der Waals surface area contributed by atoms with E-state index in [1.807, 2.05) is 6.08 Å². The van der Waals surface area contributed by atoms with E-state index in [0.717, 1.165) is 48.3 Å². The number of rotatable bonds is 1. The molecule has 6 unspecified atom stereocenters. The molecule has 0 aromatic carbocycles. The molecule has 0 aromatic heterocycles. The summed E-state index contributed by atoms with van der Waals surface area (Å²) in [6.07, 6.45) is 12.3. The molecule has 25 heavy (non-hydrogen) atoms. The Morgan fingerprint density at radius 2 is 1.96 bits per heavy atom. The lowest BCUT2D eigenvalue weighted by atomic mass is 9.51. The van der Waals surface area contributed by atoms with Crippen LogP contribution in [-0.4, -0.2) is 17.5 Å².